The van der Waals surface area contributed by atoms with E-state index in [9.17, 15) is 19.2 Å². The first-order chi connectivity index (χ1) is 14.5. The van der Waals surface area contributed by atoms with Crippen LogP contribution in [-0.4, -0.2) is 39.9 Å². The molecule has 1 aliphatic heterocycles. The molecule has 0 saturated carbocycles. The molecule has 1 aromatic heterocycles. The first kappa shape index (κ1) is 20.2. The van der Waals surface area contributed by atoms with E-state index in [-0.39, 0.29) is 48.3 Å². The number of hydrogen-bond donors (Lipinski definition) is 1. The number of rotatable bonds is 6. The second kappa shape index (κ2) is 8.31. The van der Waals surface area contributed by atoms with Crippen molar-refractivity contribution in [1.29, 1.82) is 0 Å². The molecule has 1 N–H and O–H groups in total. The van der Waals surface area contributed by atoms with Crippen molar-refractivity contribution in [3.63, 3.8) is 0 Å². The van der Waals surface area contributed by atoms with E-state index in [0.717, 1.165) is 16.9 Å². The van der Waals surface area contributed by atoms with Gasteiger partial charge in [-0.05, 0) is 12.8 Å². The molecule has 1 saturated heterocycles. The normalized spacial score (nSPS) is 20.4. The standard InChI is InChI=1S/C22H21N3O4S/c1-13(26)19-18(14-7-3-2-4-8-14)24-22(30-19)23-17(27)11-12-25-20(28)15-9-5-6-10-16(15)21(25)29/h2-8,15-16H,9-12H2,1H3,(H,23,24,27)/t15-,16-/m0/s1. The number of carbonyl (C=O) groups is 4. The fourth-order valence-electron chi connectivity index (χ4n) is 3.89. The van der Waals surface area contributed by atoms with Crippen LogP contribution in [0.5, 0.6) is 0 Å². The predicted molar refractivity (Wildman–Crippen MR) is 113 cm³/mol. The van der Waals surface area contributed by atoms with Crippen LogP contribution in [0.25, 0.3) is 11.3 Å². The second-order valence-electron chi connectivity index (χ2n) is 7.40. The van der Waals surface area contributed by atoms with Gasteiger partial charge < -0.3 is 5.32 Å². The lowest BCUT2D eigenvalue weighted by Crippen LogP contribution is -2.34. The minimum atomic E-state index is -0.355. The van der Waals surface area contributed by atoms with Crippen LogP contribution in [0, 0.1) is 11.8 Å². The molecule has 0 bridgehead atoms. The molecular weight excluding hydrogens is 402 g/mol. The number of hydrogen-bond acceptors (Lipinski definition) is 6. The maximum atomic E-state index is 12.5. The van der Waals surface area contributed by atoms with Gasteiger partial charge in [0.1, 0.15) is 0 Å². The van der Waals surface area contributed by atoms with Gasteiger partial charge in [-0.15, -0.1) is 0 Å². The number of aromatic nitrogens is 1. The van der Waals surface area contributed by atoms with Crippen molar-refractivity contribution in [1.82, 2.24) is 9.88 Å². The fraction of sp³-hybridized carbons (Fsp3) is 0.318. The summed E-state index contributed by atoms with van der Waals surface area (Å²) in [6.07, 6.45) is 5.00. The first-order valence-electron chi connectivity index (χ1n) is 9.83. The molecule has 2 atom stereocenters. The molecule has 0 radical (unpaired) electrons. The Labute approximate surface area is 177 Å². The number of imide groups is 1. The molecular formula is C22H21N3O4S. The molecule has 2 aromatic rings. The van der Waals surface area contributed by atoms with Crippen LogP contribution in [0.2, 0.25) is 0 Å². The van der Waals surface area contributed by atoms with Gasteiger partial charge in [-0.3, -0.25) is 24.1 Å². The molecule has 30 heavy (non-hydrogen) atoms. The number of benzene rings is 1. The Morgan fingerprint density at radius 3 is 2.33 bits per heavy atom. The topological polar surface area (TPSA) is 96.4 Å². The molecule has 2 heterocycles. The Morgan fingerprint density at radius 2 is 1.73 bits per heavy atom. The average molecular weight is 423 g/mol. The quantitative estimate of drug-likeness (QED) is 0.437. The summed E-state index contributed by atoms with van der Waals surface area (Å²) in [6.45, 7) is 1.51. The van der Waals surface area contributed by atoms with Crippen molar-refractivity contribution >= 4 is 40.0 Å². The highest BCUT2D eigenvalue weighted by molar-refractivity contribution is 7.18. The van der Waals surface area contributed by atoms with Gasteiger partial charge in [-0.1, -0.05) is 53.8 Å². The Bertz CT molecular complexity index is 1020. The lowest BCUT2D eigenvalue weighted by atomic mass is 9.85. The van der Waals surface area contributed by atoms with E-state index in [0.29, 0.717) is 28.5 Å². The summed E-state index contributed by atoms with van der Waals surface area (Å²) in [5.74, 6) is -1.46. The molecule has 1 aliphatic carbocycles. The highest BCUT2D eigenvalue weighted by Crippen LogP contribution is 2.35. The Kier molecular flexibility index (Phi) is 5.59. The van der Waals surface area contributed by atoms with E-state index in [4.69, 9.17) is 0 Å². The second-order valence-corrected chi connectivity index (χ2v) is 8.40. The van der Waals surface area contributed by atoms with Gasteiger partial charge >= 0.3 is 0 Å². The van der Waals surface area contributed by atoms with Crippen molar-refractivity contribution in [3.8, 4) is 11.3 Å². The van der Waals surface area contributed by atoms with Crippen LogP contribution < -0.4 is 5.32 Å². The molecule has 1 aromatic carbocycles. The number of anilines is 1. The molecule has 3 amide bonds. The number of Topliss-reactive ketones (excluding diaryl/α,β-unsaturated/α-hetero) is 1. The minimum Gasteiger partial charge on any atom is -0.302 e. The van der Waals surface area contributed by atoms with Crippen LogP contribution >= 0.6 is 11.3 Å². The Morgan fingerprint density at radius 1 is 1.10 bits per heavy atom. The highest BCUT2D eigenvalue weighted by Gasteiger charge is 2.46. The summed E-state index contributed by atoms with van der Waals surface area (Å²) in [6, 6.07) is 9.29. The van der Waals surface area contributed by atoms with Crippen molar-refractivity contribution in [2.45, 2.75) is 26.2 Å². The zero-order chi connectivity index (χ0) is 21.3. The van der Waals surface area contributed by atoms with Crippen LogP contribution in [-0.2, 0) is 14.4 Å². The predicted octanol–water partition coefficient (Wildman–Crippen LogP) is 3.29. The first-order valence-corrected chi connectivity index (χ1v) is 10.6. The third-order valence-corrected chi connectivity index (χ3v) is 6.47. The number of nitrogens with zero attached hydrogens (tertiary/aromatic N) is 2. The zero-order valence-electron chi connectivity index (χ0n) is 16.5. The number of nitrogens with one attached hydrogen (secondary N) is 1. The van der Waals surface area contributed by atoms with Crippen molar-refractivity contribution in [3.05, 3.63) is 47.4 Å². The summed E-state index contributed by atoms with van der Waals surface area (Å²) in [5, 5.41) is 3.02. The van der Waals surface area contributed by atoms with Crippen LogP contribution in [0.15, 0.2) is 42.5 Å². The van der Waals surface area contributed by atoms with Gasteiger partial charge in [-0.2, -0.15) is 0 Å². The molecule has 154 valence electrons. The average Bonchev–Trinajstić information content (AvgIpc) is 3.27. The largest absolute Gasteiger partial charge is 0.302 e. The van der Waals surface area contributed by atoms with Crippen molar-refractivity contribution < 1.29 is 19.2 Å². The molecule has 4 rings (SSSR count). The number of amides is 3. The molecule has 1 fully saturated rings. The van der Waals surface area contributed by atoms with Crippen LogP contribution in [0.3, 0.4) is 0 Å². The minimum absolute atomic E-state index is 0.0139. The number of likely N-dealkylation sites (tertiary alicyclic amines) is 1. The number of ketones is 1. The number of allylic oxidation sites excluding steroid dienone is 2. The van der Waals surface area contributed by atoms with E-state index >= 15 is 0 Å². The van der Waals surface area contributed by atoms with Gasteiger partial charge in [0.2, 0.25) is 17.7 Å². The van der Waals surface area contributed by atoms with Gasteiger partial charge in [0.15, 0.2) is 10.9 Å². The lowest BCUT2D eigenvalue weighted by molar-refractivity contribution is -0.140. The number of fused-ring (bicyclic) bond motifs is 1. The summed E-state index contributed by atoms with van der Waals surface area (Å²) < 4.78 is 0. The zero-order valence-corrected chi connectivity index (χ0v) is 17.3. The van der Waals surface area contributed by atoms with E-state index in [1.54, 1.807) is 0 Å². The Hall–Kier alpha value is -3.13. The summed E-state index contributed by atoms with van der Waals surface area (Å²) in [7, 11) is 0. The molecule has 0 spiro atoms. The van der Waals surface area contributed by atoms with Crippen molar-refractivity contribution in [2.24, 2.45) is 11.8 Å². The summed E-state index contributed by atoms with van der Waals surface area (Å²) >= 11 is 1.12. The summed E-state index contributed by atoms with van der Waals surface area (Å²) in [5.41, 5.74) is 1.33. The maximum Gasteiger partial charge on any atom is 0.233 e. The Balaban J connectivity index is 1.42. The molecule has 7 nitrogen and oxygen atoms in total. The van der Waals surface area contributed by atoms with E-state index < -0.39 is 0 Å². The van der Waals surface area contributed by atoms with E-state index in [1.165, 1.54) is 11.8 Å². The van der Waals surface area contributed by atoms with Gasteiger partial charge in [-0.25, -0.2) is 4.98 Å². The molecule has 2 aliphatic rings. The van der Waals surface area contributed by atoms with Gasteiger partial charge in [0.05, 0.1) is 22.4 Å². The maximum absolute atomic E-state index is 12.5. The SMILES string of the molecule is CC(=O)c1sc(NC(=O)CCN2C(=O)[C@H]3CC=CC[C@@H]3C2=O)nc1-c1ccccc1. The van der Waals surface area contributed by atoms with E-state index in [1.807, 2.05) is 42.5 Å². The fourth-order valence-corrected chi connectivity index (χ4v) is 4.79. The smallest absolute Gasteiger partial charge is 0.233 e. The summed E-state index contributed by atoms with van der Waals surface area (Å²) in [4.78, 5) is 55.5. The van der Waals surface area contributed by atoms with Crippen LogP contribution in [0.4, 0.5) is 5.13 Å². The van der Waals surface area contributed by atoms with Crippen molar-refractivity contribution in [2.75, 3.05) is 11.9 Å². The lowest BCUT2D eigenvalue weighted by Gasteiger charge is -2.14. The number of carbonyl (C=O) groups excluding carboxylic acids is 4. The molecule has 8 heteroatoms. The van der Waals surface area contributed by atoms with Crippen LogP contribution in [0.1, 0.15) is 35.9 Å². The van der Waals surface area contributed by atoms with Gasteiger partial charge in [0.25, 0.3) is 0 Å². The highest BCUT2D eigenvalue weighted by atomic mass is 32.1. The van der Waals surface area contributed by atoms with Gasteiger partial charge in [0, 0.05) is 25.5 Å². The van der Waals surface area contributed by atoms with E-state index in [2.05, 4.69) is 10.3 Å². The number of thiazole rings is 1. The third kappa shape index (κ3) is 3.82. The molecule has 0 unspecified atom stereocenters. The third-order valence-electron chi connectivity index (χ3n) is 5.40. The monoisotopic (exact) mass is 423 g/mol.